The summed E-state index contributed by atoms with van der Waals surface area (Å²) in [5.41, 5.74) is -0.631. The quantitative estimate of drug-likeness (QED) is 0.499. The van der Waals surface area contributed by atoms with E-state index < -0.39 is 5.60 Å². The lowest BCUT2D eigenvalue weighted by molar-refractivity contribution is -0.110. The number of amides is 1. The van der Waals surface area contributed by atoms with E-state index in [4.69, 9.17) is 9.47 Å². The molecule has 0 spiro atoms. The second-order valence-corrected chi connectivity index (χ2v) is 8.74. The van der Waals surface area contributed by atoms with Gasteiger partial charge in [-0.2, -0.15) is 0 Å². The van der Waals surface area contributed by atoms with Gasteiger partial charge in [0.05, 0.1) is 18.2 Å². The fourth-order valence-electron chi connectivity index (χ4n) is 3.43. The molecule has 0 aromatic carbocycles. The molecule has 0 bridgehead atoms. The Labute approximate surface area is 148 Å². The predicted molar refractivity (Wildman–Crippen MR) is 96.5 cm³/mol. The van der Waals surface area contributed by atoms with E-state index in [1.54, 1.807) is 0 Å². The van der Waals surface area contributed by atoms with Crippen LogP contribution in [0.5, 0.6) is 0 Å². The predicted octanol–water partition coefficient (Wildman–Crippen LogP) is 4.40. The van der Waals surface area contributed by atoms with Gasteiger partial charge in [0.25, 0.3) is 0 Å². The summed E-state index contributed by atoms with van der Waals surface area (Å²) in [5.74, 6) is 0.766. The highest BCUT2D eigenvalue weighted by molar-refractivity contribution is 14.1. The second-order valence-electron chi connectivity index (χ2n) is 7.98. The maximum Gasteiger partial charge on any atom is 0.410 e. The summed E-state index contributed by atoms with van der Waals surface area (Å²) in [5, 5.41) is 0. The zero-order valence-electron chi connectivity index (χ0n) is 14.4. The molecule has 2 aliphatic rings. The molecule has 3 unspecified atom stereocenters. The third-order valence-corrected chi connectivity index (χ3v) is 5.89. The summed E-state index contributed by atoms with van der Waals surface area (Å²) < 4.78 is 13.0. The Balaban J connectivity index is 1.98. The Bertz CT molecular complexity index is 396. The minimum absolute atomic E-state index is 0.190. The van der Waals surface area contributed by atoms with Crippen LogP contribution in [0.25, 0.3) is 0 Å². The van der Waals surface area contributed by atoms with Crippen LogP contribution < -0.4 is 0 Å². The molecule has 22 heavy (non-hydrogen) atoms. The van der Waals surface area contributed by atoms with Gasteiger partial charge < -0.3 is 14.4 Å². The van der Waals surface area contributed by atoms with Gasteiger partial charge in [0.15, 0.2) is 0 Å². The highest BCUT2D eigenvalue weighted by Gasteiger charge is 2.41. The third kappa shape index (κ3) is 4.98. The van der Waals surface area contributed by atoms with Crippen LogP contribution in [0.4, 0.5) is 4.79 Å². The standard InChI is InChI=1S/C17H30INO3/c1-13-6-7-14(10-13)21-17(11-18)8-5-9-19(12-17)15(20)22-16(2,3)4/h13-14H,5-12H2,1-4H3. The first-order chi connectivity index (χ1) is 10.2. The first-order valence-electron chi connectivity index (χ1n) is 8.45. The van der Waals surface area contributed by atoms with E-state index in [0.717, 1.165) is 42.6 Å². The Hall–Kier alpha value is -0.0400. The van der Waals surface area contributed by atoms with Gasteiger partial charge in [0, 0.05) is 11.0 Å². The molecule has 3 atom stereocenters. The van der Waals surface area contributed by atoms with Crippen LogP contribution in [0.15, 0.2) is 0 Å². The van der Waals surface area contributed by atoms with Gasteiger partial charge in [-0.05, 0) is 58.8 Å². The summed E-state index contributed by atoms with van der Waals surface area (Å²) in [6, 6.07) is 0. The maximum atomic E-state index is 12.4. The summed E-state index contributed by atoms with van der Waals surface area (Å²) >= 11 is 2.41. The zero-order chi connectivity index (χ0) is 16.4. The monoisotopic (exact) mass is 423 g/mol. The van der Waals surface area contributed by atoms with E-state index in [2.05, 4.69) is 29.5 Å². The third-order valence-electron chi connectivity index (χ3n) is 4.50. The maximum absolute atomic E-state index is 12.4. The Morgan fingerprint density at radius 1 is 1.36 bits per heavy atom. The summed E-state index contributed by atoms with van der Waals surface area (Å²) in [6.07, 6.45) is 5.77. The number of halogens is 1. The SMILES string of the molecule is CC1CCC(OC2(CI)CCCN(C(=O)OC(C)(C)C)C2)C1. The lowest BCUT2D eigenvalue weighted by Gasteiger charge is -2.43. The largest absolute Gasteiger partial charge is 0.444 e. The molecule has 2 fully saturated rings. The minimum Gasteiger partial charge on any atom is -0.444 e. The van der Waals surface area contributed by atoms with Crippen molar-refractivity contribution < 1.29 is 14.3 Å². The molecule has 0 aromatic heterocycles. The van der Waals surface area contributed by atoms with Crippen molar-refractivity contribution in [2.24, 2.45) is 5.92 Å². The van der Waals surface area contributed by atoms with E-state index >= 15 is 0 Å². The van der Waals surface area contributed by atoms with Crippen LogP contribution in [-0.4, -0.2) is 45.8 Å². The zero-order valence-corrected chi connectivity index (χ0v) is 16.5. The van der Waals surface area contributed by atoms with Gasteiger partial charge in [-0.1, -0.05) is 29.5 Å². The molecule has 1 saturated heterocycles. The van der Waals surface area contributed by atoms with E-state index in [-0.39, 0.29) is 11.7 Å². The Kier molecular flexibility index (Phi) is 6.02. The topological polar surface area (TPSA) is 38.8 Å². The average Bonchev–Trinajstić information content (AvgIpc) is 2.82. The molecule has 2 rings (SSSR count). The first-order valence-corrected chi connectivity index (χ1v) is 9.97. The van der Waals surface area contributed by atoms with Crippen molar-refractivity contribution in [2.45, 2.75) is 77.1 Å². The minimum atomic E-state index is -0.441. The normalized spacial score (nSPS) is 33.0. The summed E-state index contributed by atoms with van der Waals surface area (Å²) in [6.45, 7) is 9.48. The molecule has 0 N–H and O–H groups in total. The van der Waals surface area contributed by atoms with Crippen molar-refractivity contribution in [3.05, 3.63) is 0 Å². The molecule has 1 heterocycles. The highest BCUT2D eigenvalue weighted by Crippen LogP contribution is 2.35. The number of carbonyl (C=O) groups excluding carboxylic acids is 1. The highest BCUT2D eigenvalue weighted by atomic mass is 127. The van der Waals surface area contributed by atoms with Crippen molar-refractivity contribution in [1.82, 2.24) is 4.90 Å². The van der Waals surface area contributed by atoms with Gasteiger partial charge in [0.1, 0.15) is 5.60 Å². The molecule has 1 aliphatic carbocycles. The molecule has 1 saturated carbocycles. The van der Waals surface area contributed by atoms with Gasteiger partial charge in [-0.15, -0.1) is 0 Å². The second kappa shape index (κ2) is 7.24. The Morgan fingerprint density at radius 3 is 2.64 bits per heavy atom. The van der Waals surface area contributed by atoms with Crippen molar-refractivity contribution in [3.8, 4) is 0 Å². The van der Waals surface area contributed by atoms with E-state index in [1.165, 1.54) is 6.42 Å². The lowest BCUT2D eigenvalue weighted by atomic mass is 9.94. The van der Waals surface area contributed by atoms with Gasteiger partial charge in [-0.25, -0.2) is 4.79 Å². The van der Waals surface area contributed by atoms with Crippen molar-refractivity contribution >= 4 is 28.7 Å². The molecular weight excluding hydrogens is 393 g/mol. The van der Waals surface area contributed by atoms with Gasteiger partial charge in [0.2, 0.25) is 0 Å². The van der Waals surface area contributed by atoms with Crippen molar-refractivity contribution in [3.63, 3.8) is 0 Å². The molecule has 1 aliphatic heterocycles. The average molecular weight is 423 g/mol. The van der Waals surface area contributed by atoms with Crippen LogP contribution in [-0.2, 0) is 9.47 Å². The van der Waals surface area contributed by atoms with Gasteiger partial charge >= 0.3 is 6.09 Å². The van der Waals surface area contributed by atoms with Gasteiger partial charge in [-0.3, -0.25) is 0 Å². The van der Waals surface area contributed by atoms with Crippen LogP contribution >= 0.6 is 22.6 Å². The van der Waals surface area contributed by atoms with Crippen molar-refractivity contribution in [2.75, 3.05) is 17.5 Å². The number of nitrogens with zero attached hydrogens (tertiary/aromatic N) is 1. The molecule has 0 aromatic rings. The van der Waals surface area contributed by atoms with Crippen LogP contribution in [0.2, 0.25) is 0 Å². The molecule has 1 amide bonds. The molecule has 128 valence electrons. The first kappa shape index (κ1) is 18.3. The van der Waals surface area contributed by atoms with E-state index in [9.17, 15) is 4.79 Å². The molecule has 5 heteroatoms. The van der Waals surface area contributed by atoms with E-state index in [1.807, 2.05) is 25.7 Å². The summed E-state index contributed by atoms with van der Waals surface area (Å²) in [4.78, 5) is 14.2. The number of carbonyl (C=O) groups is 1. The van der Waals surface area contributed by atoms with Crippen LogP contribution in [0.3, 0.4) is 0 Å². The number of likely N-dealkylation sites (tertiary alicyclic amines) is 1. The fourth-order valence-corrected chi connectivity index (χ4v) is 4.24. The lowest BCUT2D eigenvalue weighted by Crippen LogP contribution is -2.54. The number of alkyl halides is 1. The smallest absolute Gasteiger partial charge is 0.410 e. The Morgan fingerprint density at radius 2 is 2.09 bits per heavy atom. The summed E-state index contributed by atoms with van der Waals surface area (Å²) in [7, 11) is 0. The van der Waals surface area contributed by atoms with Crippen LogP contribution in [0.1, 0.15) is 59.8 Å². The fraction of sp³-hybridized carbons (Fsp3) is 0.941. The number of hydrogen-bond acceptors (Lipinski definition) is 3. The molecule has 4 nitrogen and oxygen atoms in total. The molecule has 0 radical (unpaired) electrons. The van der Waals surface area contributed by atoms with Crippen molar-refractivity contribution in [1.29, 1.82) is 0 Å². The number of ether oxygens (including phenoxy) is 2. The van der Waals surface area contributed by atoms with Crippen LogP contribution in [0, 0.1) is 5.92 Å². The number of rotatable bonds is 3. The van der Waals surface area contributed by atoms with E-state index in [0.29, 0.717) is 12.6 Å². The molecular formula is C17H30INO3. The number of piperidine rings is 1. The number of hydrogen-bond donors (Lipinski definition) is 0.